The van der Waals surface area contributed by atoms with Gasteiger partial charge in [-0.25, -0.2) is 5.90 Å². The van der Waals surface area contributed by atoms with Gasteiger partial charge in [0, 0.05) is 0 Å². The van der Waals surface area contributed by atoms with Crippen LogP contribution in [0.2, 0.25) is 0 Å². The molecule has 1 rings (SSSR count). The zero-order valence-corrected chi connectivity index (χ0v) is 5.90. The summed E-state index contributed by atoms with van der Waals surface area (Å²) in [6.45, 7) is 0. The number of benzene rings is 1. The molecule has 3 nitrogen and oxygen atoms in total. The van der Waals surface area contributed by atoms with Crippen molar-refractivity contribution in [1.82, 2.24) is 0 Å². The largest absolute Gasteiger partial charge is 0.281 e. The van der Waals surface area contributed by atoms with Crippen molar-refractivity contribution in [2.75, 3.05) is 0 Å². The summed E-state index contributed by atoms with van der Waals surface area (Å²) in [7, 11) is 0. The van der Waals surface area contributed by atoms with E-state index in [4.69, 9.17) is 11.2 Å². The molecule has 0 heterocycles. The molecule has 1 aromatic carbocycles. The summed E-state index contributed by atoms with van der Waals surface area (Å²) in [6, 6.07) is 11.0. The minimum atomic E-state index is -0.656. The van der Waals surface area contributed by atoms with Gasteiger partial charge < -0.3 is 0 Å². The lowest BCUT2D eigenvalue weighted by molar-refractivity contribution is 0.0919. The third kappa shape index (κ3) is 1.77. The molecule has 1 atom stereocenters. The van der Waals surface area contributed by atoms with Gasteiger partial charge in [-0.05, 0) is 5.56 Å². The first-order valence-electron chi connectivity index (χ1n) is 3.18. The Morgan fingerprint density at radius 1 is 1.36 bits per heavy atom. The summed E-state index contributed by atoms with van der Waals surface area (Å²) in [6.07, 6.45) is -0.656. The molecule has 0 aliphatic heterocycles. The third-order valence-corrected chi connectivity index (χ3v) is 1.36. The van der Waals surface area contributed by atoms with E-state index < -0.39 is 6.10 Å². The van der Waals surface area contributed by atoms with Crippen molar-refractivity contribution in [3.05, 3.63) is 35.9 Å². The molecule has 2 N–H and O–H groups in total. The van der Waals surface area contributed by atoms with E-state index in [0.717, 1.165) is 5.56 Å². The van der Waals surface area contributed by atoms with Crippen LogP contribution < -0.4 is 5.90 Å². The molecule has 0 fully saturated rings. The van der Waals surface area contributed by atoms with Gasteiger partial charge in [-0.3, -0.25) is 4.84 Å². The lowest BCUT2D eigenvalue weighted by Crippen LogP contribution is -2.06. The smallest absolute Gasteiger partial charge is 0.189 e. The fourth-order valence-electron chi connectivity index (χ4n) is 0.811. The lowest BCUT2D eigenvalue weighted by atomic mass is 10.1. The summed E-state index contributed by atoms with van der Waals surface area (Å²) < 4.78 is 0. The Morgan fingerprint density at radius 3 is 2.45 bits per heavy atom. The van der Waals surface area contributed by atoms with Crippen LogP contribution in [0.5, 0.6) is 0 Å². The fraction of sp³-hybridized carbons (Fsp3) is 0.125. The Hall–Kier alpha value is -1.37. The van der Waals surface area contributed by atoms with Gasteiger partial charge in [-0.15, -0.1) is 0 Å². The summed E-state index contributed by atoms with van der Waals surface area (Å²) in [4.78, 5) is 4.42. The molecule has 0 aromatic heterocycles. The Morgan fingerprint density at radius 2 is 2.00 bits per heavy atom. The first-order chi connectivity index (χ1) is 5.38. The topological polar surface area (TPSA) is 59.0 Å². The molecule has 11 heavy (non-hydrogen) atoms. The number of hydrogen-bond donors (Lipinski definition) is 1. The van der Waals surface area contributed by atoms with E-state index >= 15 is 0 Å². The van der Waals surface area contributed by atoms with E-state index in [-0.39, 0.29) is 0 Å². The first-order valence-corrected chi connectivity index (χ1v) is 3.18. The van der Waals surface area contributed by atoms with Crippen LogP contribution in [0.25, 0.3) is 0 Å². The van der Waals surface area contributed by atoms with Gasteiger partial charge >= 0.3 is 0 Å². The zero-order valence-electron chi connectivity index (χ0n) is 5.90. The molecule has 0 spiro atoms. The van der Waals surface area contributed by atoms with Crippen LogP contribution in [0.3, 0.4) is 0 Å². The first kappa shape index (κ1) is 7.73. The van der Waals surface area contributed by atoms with Crippen molar-refractivity contribution in [3.63, 3.8) is 0 Å². The van der Waals surface area contributed by atoms with E-state index in [1.54, 1.807) is 12.1 Å². The molecule has 0 radical (unpaired) electrons. The van der Waals surface area contributed by atoms with Gasteiger partial charge in [-0.1, -0.05) is 30.3 Å². The van der Waals surface area contributed by atoms with Gasteiger partial charge in [0.1, 0.15) is 6.07 Å². The number of nitrogens with zero attached hydrogens (tertiary/aromatic N) is 1. The quantitative estimate of drug-likeness (QED) is 0.640. The molecule has 0 saturated carbocycles. The van der Waals surface area contributed by atoms with Gasteiger partial charge in [0.2, 0.25) is 0 Å². The van der Waals surface area contributed by atoms with Crippen LogP contribution in [-0.4, -0.2) is 0 Å². The van der Waals surface area contributed by atoms with Crippen LogP contribution in [0.4, 0.5) is 0 Å². The molecule has 56 valence electrons. The van der Waals surface area contributed by atoms with Crippen molar-refractivity contribution in [1.29, 1.82) is 5.26 Å². The predicted octanol–water partition coefficient (Wildman–Crippen LogP) is 1.14. The van der Waals surface area contributed by atoms with E-state index in [1.165, 1.54) is 0 Å². The highest BCUT2D eigenvalue weighted by Crippen LogP contribution is 2.12. The van der Waals surface area contributed by atoms with Crippen LogP contribution in [0.15, 0.2) is 30.3 Å². The maximum absolute atomic E-state index is 8.52. The number of nitrogens with two attached hydrogens (primary N) is 1. The normalized spacial score (nSPS) is 12.0. The van der Waals surface area contributed by atoms with E-state index in [9.17, 15) is 0 Å². The van der Waals surface area contributed by atoms with Gasteiger partial charge in [-0.2, -0.15) is 5.26 Å². The maximum Gasteiger partial charge on any atom is 0.189 e. The summed E-state index contributed by atoms with van der Waals surface area (Å²) in [5, 5.41) is 8.52. The van der Waals surface area contributed by atoms with Crippen molar-refractivity contribution >= 4 is 0 Å². The molecular formula is C8H8N2O. The molecule has 0 saturated heterocycles. The molecule has 0 aliphatic carbocycles. The second-order valence-corrected chi connectivity index (χ2v) is 2.06. The van der Waals surface area contributed by atoms with E-state index in [1.807, 2.05) is 24.3 Å². The van der Waals surface area contributed by atoms with Crippen LogP contribution in [0, 0.1) is 11.3 Å². The molecule has 3 heteroatoms. The highest BCUT2D eigenvalue weighted by Gasteiger charge is 2.06. The summed E-state index contributed by atoms with van der Waals surface area (Å²) in [5.41, 5.74) is 0.775. The van der Waals surface area contributed by atoms with Crippen molar-refractivity contribution in [2.24, 2.45) is 5.90 Å². The SMILES string of the molecule is N#CC(ON)c1ccccc1. The standard InChI is InChI=1S/C8H8N2O/c9-6-8(11-10)7-4-2-1-3-5-7/h1-5,8H,10H2. The Labute approximate surface area is 65.0 Å². The second kappa shape index (κ2) is 3.71. The van der Waals surface area contributed by atoms with Crippen LogP contribution in [0.1, 0.15) is 11.7 Å². The number of hydrogen-bond acceptors (Lipinski definition) is 3. The summed E-state index contributed by atoms with van der Waals surface area (Å²) in [5.74, 6) is 4.89. The lowest BCUT2D eigenvalue weighted by Gasteiger charge is -2.04. The number of nitriles is 1. The minimum Gasteiger partial charge on any atom is -0.281 e. The Kier molecular flexibility index (Phi) is 2.61. The highest BCUT2D eigenvalue weighted by molar-refractivity contribution is 5.21. The van der Waals surface area contributed by atoms with Crippen LogP contribution >= 0.6 is 0 Å². The van der Waals surface area contributed by atoms with Gasteiger partial charge in [0.05, 0.1) is 0 Å². The summed E-state index contributed by atoms with van der Waals surface area (Å²) >= 11 is 0. The van der Waals surface area contributed by atoms with Crippen molar-refractivity contribution in [2.45, 2.75) is 6.10 Å². The van der Waals surface area contributed by atoms with Gasteiger partial charge in [0.25, 0.3) is 0 Å². The molecular weight excluding hydrogens is 140 g/mol. The zero-order chi connectivity index (χ0) is 8.10. The minimum absolute atomic E-state index is 0.656. The average molecular weight is 148 g/mol. The fourth-order valence-corrected chi connectivity index (χ4v) is 0.811. The number of rotatable bonds is 2. The Bertz CT molecular complexity index is 253. The molecule has 0 aliphatic rings. The second-order valence-electron chi connectivity index (χ2n) is 2.06. The molecule has 0 amide bonds. The molecule has 0 bridgehead atoms. The third-order valence-electron chi connectivity index (χ3n) is 1.36. The van der Waals surface area contributed by atoms with E-state index in [0.29, 0.717) is 0 Å². The monoisotopic (exact) mass is 148 g/mol. The molecule has 1 aromatic rings. The highest BCUT2D eigenvalue weighted by atomic mass is 16.6. The van der Waals surface area contributed by atoms with Crippen LogP contribution in [-0.2, 0) is 4.84 Å². The van der Waals surface area contributed by atoms with Crippen molar-refractivity contribution < 1.29 is 4.84 Å². The maximum atomic E-state index is 8.52. The van der Waals surface area contributed by atoms with Crippen molar-refractivity contribution in [3.8, 4) is 6.07 Å². The van der Waals surface area contributed by atoms with E-state index in [2.05, 4.69) is 4.84 Å². The predicted molar refractivity (Wildman–Crippen MR) is 40.1 cm³/mol. The molecule has 1 unspecified atom stereocenters. The average Bonchev–Trinajstić information content (AvgIpc) is 2.09. The van der Waals surface area contributed by atoms with Gasteiger partial charge in [0.15, 0.2) is 6.10 Å². The Balaban J connectivity index is 2.85.